The van der Waals surface area contributed by atoms with E-state index in [1.165, 1.54) is 55.2 Å². The lowest BCUT2D eigenvalue weighted by Gasteiger charge is -2.40. The maximum atomic E-state index is 12.3. The van der Waals surface area contributed by atoms with Gasteiger partial charge in [-0.1, -0.05) is 57.2 Å². The Morgan fingerprint density at radius 3 is 2.47 bits per heavy atom. The first-order chi connectivity index (χ1) is 14.2. The van der Waals surface area contributed by atoms with Crippen LogP contribution < -0.4 is 5.32 Å². The lowest BCUT2D eigenvalue weighted by Crippen LogP contribution is -2.56. The fraction of sp³-hybridized carbons (Fsp3) is 0.731. The maximum Gasteiger partial charge on any atom is 0.408 e. The maximum absolute atomic E-state index is 12.3. The van der Waals surface area contributed by atoms with Crippen molar-refractivity contribution in [3.63, 3.8) is 0 Å². The number of carbonyl (C=O) groups is 1. The van der Waals surface area contributed by atoms with Crippen molar-refractivity contribution in [2.45, 2.75) is 110 Å². The number of unbranched alkanes of at least 4 members (excludes halogenated alkanes) is 5. The molecule has 4 heteroatoms. The number of nitrogens with one attached hydrogen (secondary N) is 1. The highest BCUT2D eigenvalue weighted by Crippen LogP contribution is 2.33. The smallest absolute Gasteiger partial charge is 0.408 e. The molecule has 4 nitrogen and oxygen atoms in total. The summed E-state index contributed by atoms with van der Waals surface area (Å²) >= 11 is 0. The van der Waals surface area contributed by atoms with Crippen LogP contribution in [-0.4, -0.2) is 28.9 Å². The summed E-state index contributed by atoms with van der Waals surface area (Å²) in [4.78, 5) is 12.3. The zero-order valence-corrected chi connectivity index (χ0v) is 19.9. The molecule has 30 heavy (non-hydrogen) atoms. The van der Waals surface area contributed by atoms with E-state index in [0.717, 1.165) is 25.7 Å². The van der Waals surface area contributed by atoms with Gasteiger partial charge in [0.1, 0.15) is 5.60 Å². The predicted molar refractivity (Wildman–Crippen MR) is 124 cm³/mol. The number of amides is 1. The zero-order chi connectivity index (χ0) is 22.2. The normalized spacial score (nSPS) is 18.4. The third kappa shape index (κ3) is 7.61. The van der Waals surface area contributed by atoms with Gasteiger partial charge in [-0.2, -0.15) is 0 Å². The van der Waals surface area contributed by atoms with Gasteiger partial charge in [-0.15, -0.1) is 0 Å². The average Bonchev–Trinajstić information content (AvgIpc) is 2.68. The molecule has 2 N–H and O–H groups in total. The number of aliphatic hydroxyl groups excluding tert-OH is 1. The van der Waals surface area contributed by atoms with E-state index in [4.69, 9.17) is 4.74 Å². The summed E-state index contributed by atoms with van der Waals surface area (Å²) in [5, 5.41) is 13.0. The monoisotopic (exact) mass is 417 g/mol. The molecule has 0 unspecified atom stereocenters. The molecule has 2 atom stereocenters. The number of carbonyl (C=O) groups excluding carboxylic acids is 1. The lowest BCUT2D eigenvalue weighted by molar-refractivity contribution is 0.0322. The fourth-order valence-electron chi connectivity index (χ4n) is 4.42. The molecule has 0 aliphatic heterocycles. The highest BCUT2D eigenvalue weighted by Gasteiger charge is 2.38. The second kappa shape index (κ2) is 11.2. The fourth-order valence-corrected chi connectivity index (χ4v) is 4.42. The standard InChI is InChI=1S/C26H43NO3/c1-6-7-8-9-10-11-12-20-13-14-22-18-23(16-15-21(22)17-20)26(5,19-28)27-24(29)30-25(2,3)4/h13-14,17,23,28H,6-12,15-16,18-19H2,1-5H3,(H,27,29)/t23-,26+/m1/s1. The number of alkyl carbamates (subject to hydrolysis) is 1. The van der Waals surface area contributed by atoms with Crippen molar-refractivity contribution in [2.24, 2.45) is 5.92 Å². The van der Waals surface area contributed by atoms with Gasteiger partial charge in [0.25, 0.3) is 0 Å². The molecule has 0 spiro atoms. The molecule has 0 radical (unpaired) electrons. The van der Waals surface area contributed by atoms with E-state index in [9.17, 15) is 9.90 Å². The second-order valence-electron chi connectivity index (χ2n) is 10.3. The number of hydrogen-bond donors (Lipinski definition) is 2. The average molecular weight is 418 g/mol. The molecule has 0 saturated heterocycles. The van der Waals surface area contributed by atoms with Crippen LogP contribution in [0.2, 0.25) is 0 Å². The van der Waals surface area contributed by atoms with E-state index in [1.54, 1.807) is 0 Å². The summed E-state index contributed by atoms with van der Waals surface area (Å²) in [5.74, 6) is 0.187. The van der Waals surface area contributed by atoms with Crippen LogP contribution in [0.15, 0.2) is 18.2 Å². The molecule has 0 heterocycles. The van der Waals surface area contributed by atoms with Gasteiger partial charge in [0.15, 0.2) is 0 Å². The number of aryl methyl sites for hydroxylation is 2. The molecular weight excluding hydrogens is 374 g/mol. The molecule has 0 saturated carbocycles. The molecule has 2 rings (SSSR count). The Labute approximate surface area is 183 Å². The first-order valence-corrected chi connectivity index (χ1v) is 11.9. The molecule has 1 amide bonds. The van der Waals surface area contributed by atoms with Crippen molar-refractivity contribution in [2.75, 3.05) is 6.61 Å². The Kier molecular flexibility index (Phi) is 9.21. The van der Waals surface area contributed by atoms with Crippen molar-refractivity contribution < 1.29 is 14.6 Å². The van der Waals surface area contributed by atoms with Gasteiger partial charge in [-0.05, 0) is 82.4 Å². The summed E-state index contributed by atoms with van der Waals surface area (Å²) in [6.45, 7) is 9.64. The summed E-state index contributed by atoms with van der Waals surface area (Å²) in [6, 6.07) is 6.92. The minimum Gasteiger partial charge on any atom is -0.444 e. The van der Waals surface area contributed by atoms with Crippen molar-refractivity contribution in [3.8, 4) is 0 Å². The van der Waals surface area contributed by atoms with E-state index in [-0.39, 0.29) is 12.5 Å². The van der Waals surface area contributed by atoms with Gasteiger partial charge in [-0.25, -0.2) is 4.79 Å². The zero-order valence-electron chi connectivity index (χ0n) is 19.9. The summed E-state index contributed by atoms with van der Waals surface area (Å²) in [6.07, 6.45) is 11.5. The third-order valence-electron chi connectivity index (χ3n) is 6.33. The Hall–Kier alpha value is -1.55. The van der Waals surface area contributed by atoms with E-state index < -0.39 is 17.2 Å². The molecule has 1 aromatic carbocycles. The van der Waals surface area contributed by atoms with Crippen LogP contribution in [0.25, 0.3) is 0 Å². The van der Waals surface area contributed by atoms with Gasteiger partial charge < -0.3 is 15.2 Å². The Morgan fingerprint density at radius 1 is 1.10 bits per heavy atom. The van der Waals surface area contributed by atoms with Gasteiger partial charge in [-0.3, -0.25) is 0 Å². The summed E-state index contributed by atoms with van der Waals surface area (Å²) in [5.41, 5.74) is 3.00. The number of ether oxygens (including phenoxy) is 1. The molecule has 0 bridgehead atoms. The Balaban J connectivity index is 1.93. The van der Waals surface area contributed by atoms with Crippen LogP contribution in [0.4, 0.5) is 4.79 Å². The number of rotatable bonds is 10. The molecule has 1 aromatic rings. The van der Waals surface area contributed by atoms with Crippen LogP contribution >= 0.6 is 0 Å². The highest BCUT2D eigenvalue weighted by molar-refractivity contribution is 5.68. The second-order valence-corrected chi connectivity index (χ2v) is 10.3. The van der Waals surface area contributed by atoms with E-state index in [0.29, 0.717) is 0 Å². The number of benzene rings is 1. The molecule has 0 aromatic heterocycles. The topological polar surface area (TPSA) is 58.6 Å². The largest absolute Gasteiger partial charge is 0.444 e. The molecule has 0 fully saturated rings. The van der Waals surface area contributed by atoms with Crippen molar-refractivity contribution in [1.29, 1.82) is 0 Å². The minimum absolute atomic E-state index is 0.0949. The number of fused-ring (bicyclic) bond motifs is 1. The van der Waals surface area contributed by atoms with E-state index >= 15 is 0 Å². The first kappa shape index (κ1) is 24.7. The van der Waals surface area contributed by atoms with Gasteiger partial charge in [0.05, 0.1) is 12.1 Å². The van der Waals surface area contributed by atoms with Crippen LogP contribution in [0.3, 0.4) is 0 Å². The molecular formula is C26H43NO3. The Morgan fingerprint density at radius 2 is 1.80 bits per heavy atom. The van der Waals surface area contributed by atoms with Gasteiger partial charge in [0.2, 0.25) is 0 Å². The van der Waals surface area contributed by atoms with Gasteiger partial charge >= 0.3 is 6.09 Å². The Bertz CT molecular complexity index is 679. The highest BCUT2D eigenvalue weighted by atomic mass is 16.6. The molecule has 1 aliphatic rings. The van der Waals surface area contributed by atoms with Crippen molar-refractivity contribution in [1.82, 2.24) is 5.32 Å². The summed E-state index contributed by atoms with van der Waals surface area (Å²) < 4.78 is 5.42. The lowest BCUT2D eigenvalue weighted by atomic mass is 9.73. The molecule has 1 aliphatic carbocycles. The molecule has 170 valence electrons. The summed E-state index contributed by atoms with van der Waals surface area (Å²) in [7, 11) is 0. The van der Waals surface area contributed by atoms with Crippen molar-refractivity contribution >= 4 is 6.09 Å². The predicted octanol–water partition coefficient (Wildman–Crippen LogP) is 5.97. The van der Waals surface area contributed by atoms with Crippen LogP contribution in [0.5, 0.6) is 0 Å². The van der Waals surface area contributed by atoms with Crippen molar-refractivity contribution in [3.05, 3.63) is 34.9 Å². The SMILES string of the molecule is CCCCCCCCc1ccc2c(c1)CC[C@@H]([C@](C)(CO)NC(=O)OC(C)(C)C)C2. The first-order valence-electron chi connectivity index (χ1n) is 11.9. The third-order valence-corrected chi connectivity index (χ3v) is 6.33. The van der Waals surface area contributed by atoms with E-state index in [2.05, 4.69) is 30.4 Å². The van der Waals surface area contributed by atoms with Gasteiger partial charge in [0, 0.05) is 0 Å². The minimum atomic E-state index is -0.683. The van der Waals surface area contributed by atoms with E-state index in [1.807, 2.05) is 27.7 Å². The number of aliphatic hydroxyl groups is 1. The quantitative estimate of drug-likeness (QED) is 0.461. The van der Waals surface area contributed by atoms with Crippen LogP contribution in [-0.2, 0) is 24.0 Å². The number of hydrogen-bond acceptors (Lipinski definition) is 3. The van der Waals surface area contributed by atoms with Crippen LogP contribution in [0.1, 0.15) is 96.3 Å². The van der Waals surface area contributed by atoms with Crippen LogP contribution in [0, 0.1) is 5.92 Å².